The Hall–Kier alpha value is -0.810. The van der Waals surface area contributed by atoms with E-state index in [1.54, 1.807) is 17.9 Å². The van der Waals surface area contributed by atoms with Crippen LogP contribution in [-0.4, -0.2) is 35.1 Å². The molecule has 1 N–H and O–H groups in total. The summed E-state index contributed by atoms with van der Waals surface area (Å²) in [5.74, 6) is 0.0945. The van der Waals surface area contributed by atoms with Crippen LogP contribution in [0.3, 0.4) is 0 Å². The molecule has 6 heteroatoms. The van der Waals surface area contributed by atoms with Gasteiger partial charge in [0, 0.05) is 34.1 Å². The smallest absolute Gasteiger partial charge is 0.265 e. The van der Waals surface area contributed by atoms with Crippen molar-refractivity contribution in [1.82, 2.24) is 4.90 Å². The van der Waals surface area contributed by atoms with Gasteiger partial charge in [0.05, 0.1) is 11.1 Å². The van der Waals surface area contributed by atoms with E-state index in [0.29, 0.717) is 28.0 Å². The number of carbonyl (C=O) groups excluding carboxylic acids is 1. The molecule has 0 bridgehead atoms. The number of aliphatic hydroxyl groups excluding tert-OH is 1. The molecule has 1 amide bonds. The van der Waals surface area contributed by atoms with Gasteiger partial charge in [0.2, 0.25) is 0 Å². The predicted molar refractivity (Wildman–Crippen MR) is 87.5 cm³/mol. The van der Waals surface area contributed by atoms with Gasteiger partial charge in [-0.05, 0) is 25.5 Å². The third-order valence-corrected chi connectivity index (χ3v) is 5.86. The van der Waals surface area contributed by atoms with E-state index in [1.807, 2.05) is 12.1 Å². The van der Waals surface area contributed by atoms with E-state index < -0.39 is 0 Å². The number of fused-ring (bicyclic) bond motifs is 1. The maximum absolute atomic E-state index is 12.6. The van der Waals surface area contributed by atoms with Crippen LogP contribution in [0.25, 0.3) is 10.1 Å². The van der Waals surface area contributed by atoms with Crippen molar-refractivity contribution in [1.29, 1.82) is 0 Å². The molecule has 1 aliphatic rings. The van der Waals surface area contributed by atoms with Crippen molar-refractivity contribution in [3.05, 3.63) is 33.1 Å². The summed E-state index contributed by atoms with van der Waals surface area (Å²) in [6.07, 6.45) is 0.442. The van der Waals surface area contributed by atoms with Crippen molar-refractivity contribution < 1.29 is 9.90 Å². The van der Waals surface area contributed by atoms with E-state index >= 15 is 0 Å². The van der Waals surface area contributed by atoms with Crippen LogP contribution in [0.1, 0.15) is 23.0 Å². The van der Waals surface area contributed by atoms with Crippen molar-refractivity contribution in [2.75, 3.05) is 13.1 Å². The molecule has 0 aliphatic carbocycles. The number of nitrogens with zero attached hydrogens (tertiary/aromatic N) is 1. The zero-order valence-electron chi connectivity index (χ0n) is 11.5. The van der Waals surface area contributed by atoms with E-state index in [1.165, 1.54) is 11.3 Å². The highest BCUT2D eigenvalue weighted by atomic mass is 35.5. The molecule has 1 aliphatic heterocycles. The Bertz CT molecular complexity index is 698. The van der Waals surface area contributed by atoms with Gasteiger partial charge in [-0.1, -0.05) is 29.3 Å². The van der Waals surface area contributed by atoms with Gasteiger partial charge in [-0.15, -0.1) is 11.3 Å². The fourth-order valence-electron chi connectivity index (χ4n) is 2.69. The molecule has 21 heavy (non-hydrogen) atoms. The molecule has 2 aromatic rings. The quantitative estimate of drug-likeness (QED) is 0.893. The second-order valence-corrected chi connectivity index (χ2v) is 7.29. The first-order valence-electron chi connectivity index (χ1n) is 6.82. The van der Waals surface area contributed by atoms with Crippen LogP contribution in [0.4, 0.5) is 0 Å². The van der Waals surface area contributed by atoms with Crippen molar-refractivity contribution in [2.45, 2.75) is 19.4 Å². The van der Waals surface area contributed by atoms with E-state index in [2.05, 4.69) is 0 Å². The van der Waals surface area contributed by atoms with Gasteiger partial charge in [-0.2, -0.15) is 0 Å². The molecule has 3 nitrogen and oxygen atoms in total. The van der Waals surface area contributed by atoms with E-state index in [9.17, 15) is 9.90 Å². The average Bonchev–Trinajstić information content (AvgIpc) is 3.03. The first kappa shape index (κ1) is 15.1. The van der Waals surface area contributed by atoms with Crippen LogP contribution in [0.2, 0.25) is 10.0 Å². The zero-order valence-corrected chi connectivity index (χ0v) is 13.8. The van der Waals surface area contributed by atoms with Gasteiger partial charge in [-0.25, -0.2) is 0 Å². The van der Waals surface area contributed by atoms with Crippen molar-refractivity contribution in [3.8, 4) is 0 Å². The van der Waals surface area contributed by atoms with E-state index in [0.717, 1.165) is 16.5 Å². The second kappa shape index (κ2) is 5.76. The summed E-state index contributed by atoms with van der Waals surface area (Å²) >= 11 is 13.7. The van der Waals surface area contributed by atoms with Crippen molar-refractivity contribution >= 4 is 50.5 Å². The van der Waals surface area contributed by atoms with Gasteiger partial charge in [0.1, 0.15) is 4.88 Å². The molecule has 2 atom stereocenters. The number of aliphatic hydroxyl groups is 1. The highest BCUT2D eigenvalue weighted by molar-refractivity contribution is 7.21. The Kier molecular flexibility index (Phi) is 4.14. The van der Waals surface area contributed by atoms with Crippen LogP contribution >= 0.6 is 34.5 Å². The number of likely N-dealkylation sites (tertiary alicyclic amines) is 1. The van der Waals surface area contributed by atoms with E-state index in [-0.39, 0.29) is 17.9 Å². The van der Waals surface area contributed by atoms with Crippen molar-refractivity contribution in [3.63, 3.8) is 0 Å². The maximum Gasteiger partial charge on any atom is 0.265 e. The lowest BCUT2D eigenvalue weighted by Gasteiger charge is -2.17. The molecule has 0 spiro atoms. The summed E-state index contributed by atoms with van der Waals surface area (Å²) in [4.78, 5) is 15.0. The number of thiophene rings is 1. The van der Waals surface area contributed by atoms with Crippen LogP contribution in [0.5, 0.6) is 0 Å². The number of benzene rings is 1. The van der Waals surface area contributed by atoms with Crippen LogP contribution in [0.15, 0.2) is 18.2 Å². The summed E-state index contributed by atoms with van der Waals surface area (Å²) in [5, 5.41) is 11.6. The Morgan fingerprint density at radius 2 is 2.24 bits per heavy atom. The molecule has 2 heterocycles. The third kappa shape index (κ3) is 2.78. The zero-order chi connectivity index (χ0) is 15.1. The molecule has 0 saturated carbocycles. The highest BCUT2D eigenvalue weighted by Gasteiger charge is 2.31. The molecule has 0 radical (unpaired) electrons. The molecular weight excluding hydrogens is 329 g/mol. The van der Waals surface area contributed by atoms with Gasteiger partial charge in [-0.3, -0.25) is 4.79 Å². The van der Waals surface area contributed by atoms with Crippen LogP contribution in [-0.2, 0) is 0 Å². The average molecular weight is 344 g/mol. The van der Waals surface area contributed by atoms with Gasteiger partial charge < -0.3 is 10.0 Å². The molecule has 112 valence electrons. The number of halogens is 2. The lowest BCUT2D eigenvalue weighted by molar-refractivity contribution is 0.0767. The SMILES string of the molecule is CC(O)C1CCN(C(=O)c2sc3cc(Cl)ccc3c2Cl)C1. The first-order valence-corrected chi connectivity index (χ1v) is 8.39. The number of amides is 1. The largest absolute Gasteiger partial charge is 0.393 e. The summed E-state index contributed by atoms with van der Waals surface area (Å²) in [7, 11) is 0. The topological polar surface area (TPSA) is 40.5 Å². The first-order chi connectivity index (χ1) is 9.97. The Morgan fingerprint density at radius 1 is 1.48 bits per heavy atom. The number of carbonyl (C=O) groups is 1. The van der Waals surface area contributed by atoms with Crippen molar-refractivity contribution in [2.24, 2.45) is 5.92 Å². The summed E-state index contributed by atoms with van der Waals surface area (Å²) in [6, 6.07) is 5.44. The number of rotatable bonds is 2. The molecule has 2 unspecified atom stereocenters. The highest BCUT2D eigenvalue weighted by Crippen LogP contribution is 2.38. The Balaban J connectivity index is 1.90. The summed E-state index contributed by atoms with van der Waals surface area (Å²) in [6.45, 7) is 3.02. The Labute approximate surface area is 137 Å². The van der Waals surface area contributed by atoms with Gasteiger partial charge in [0.25, 0.3) is 5.91 Å². The molecule has 1 fully saturated rings. The summed E-state index contributed by atoms with van der Waals surface area (Å²) in [5.41, 5.74) is 0. The van der Waals surface area contributed by atoms with Gasteiger partial charge in [0.15, 0.2) is 0 Å². The fraction of sp³-hybridized carbons (Fsp3) is 0.400. The maximum atomic E-state index is 12.6. The number of hydrogen-bond acceptors (Lipinski definition) is 3. The number of hydrogen-bond donors (Lipinski definition) is 1. The minimum Gasteiger partial charge on any atom is -0.393 e. The fourth-order valence-corrected chi connectivity index (χ4v) is 4.44. The lowest BCUT2D eigenvalue weighted by atomic mass is 10.0. The predicted octanol–water partition coefficient (Wildman–Crippen LogP) is 4.05. The summed E-state index contributed by atoms with van der Waals surface area (Å²) < 4.78 is 0.919. The molecule has 1 aromatic heterocycles. The van der Waals surface area contributed by atoms with Gasteiger partial charge >= 0.3 is 0 Å². The minimum absolute atomic E-state index is 0.0551. The molecule has 1 saturated heterocycles. The third-order valence-electron chi connectivity index (χ3n) is 3.98. The monoisotopic (exact) mass is 343 g/mol. The molecule has 3 rings (SSSR count). The van der Waals surface area contributed by atoms with Crippen LogP contribution < -0.4 is 0 Å². The standard InChI is InChI=1S/C15H15Cl2NO2S/c1-8(19)9-4-5-18(7-9)15(20)14-13(17)11-3-2-10(16)6-12(11)21-14/h2-3,6,8-9,19H,4-5,7H2,1H3. The Morgan fingerprint density at radius 3 is 2.90 bits per heavy atom. The molecular formula is C15H15Cl2NO2S. The van der Waals surface area contributed by atoms with E-state index in [4.69, 9.17) is 23.2 Å². The minimum atomic E-state index is -0.389. The lowest BCUT2D eigenvalue weighted by Crippen LogP contribution is -2.30. The normalized spacial score (nSPS) is 20.2. The van der Waals surface area contributed by atoms with Crippen LogP contribution in [0, 0.1) is 5.92 Å². The second-order valence-electron chi connectivity index (χ2n) is 5.43. The molecule has 1 aromatic carbocycles.